The number of aryl methyl sites for hydroxylation is 1. The third kappa shape index (κ3) is 3.25. The molecule has 1 unspecified atom stereocenters. The molecule has 0 radical (unpaired) electrons. The van der Waals surface area contributed by atoms with Crippen LogP contribution in [0.5, 0.6) is 5.75 Å². The number of rotatable bonds is 6. The highest BCUT2D eigenvalue weighted by molar-refractivity contribution is 6.20. The van der Waals surface area contributed by atoms with Crippen molar-refractivity contribution in [2.45, 2.75) is 25.3 Å². The zero-order valence-corrected chi connectivity index (χ0v) is 13.3. The standard InChI is InChI=1S/C15H22ClN3O/c1-11(16)15-17-13-7-6-12(20-4)10-14(13)19(15)9-5-8-18(2)3/h6-7,10-11H,5,8-9H2,1-4H3. The van der Waals surface area contributed by atoms with E-state index < -0.39 is 0 Å². The van der Waals surface area contributed by atoms with E-state index in [0.717, 1.165) is 42.1 Å². The lowest BCUT2D eigenvalue weighted by Gasteiger charge is -2.13. The predicted octanol–water partition coefficient (Wildman–Crippen LogP) is 3.30. The first-order chi connectivity index (χ1) is 9.52. The van der Waals surface area contributed by atoms with Crippen LogP contribution in [0.25, 0.3) is 11.0 Å². The van der Waals surface area contributed by atoms with Crippen LogP contribution in [0.3, 0.4) is 0 Å². The summed E-state index contributed by atoms with van der Waals surface area (Å²) in [7, 11) is 5.85. The van der Waals surface area contributed by atoms with Crippen molar-refractivity contribution in [3.8, 4) is 5.75 Å². The number of hydrogen-bond donors (Lipinski definition) is 0. The van der Waals surface area contributed by atoms with Gasteiger partial charge in [-0.3, -0.25) is 0 Å². The maximum atomic E-state index is 6.27. The minimum absolute atomic E-state index is 0.104. The first kappa shape index (κ1) is 15.1. The van der Waals surface area contributed by atoms with Crippen LogP contribution < -0.4 is 4.74 Å². The lowest BCUT2D eigenvalue weighted by Crippen LogP contribution is -2.16. The molecule has 1 aromatic carbocycles. The molecule has 0 aliphatic rings. The van der Waals surface area contributed by atoms with E-state index in [1.165, 1.54) is 0 Å². The molecule has 4 nitrogen and oxygen atoms in total. The normalized spacial score (nSPS) is 13.1. The molecule has 0 N–H and O–H groups in total. The molecule has 0 aliphatic heterocycles. The summed E-state index contributed by atoms with van der Waals surface area (Å²) < 4.78 is 7.51. The number of hydrogen-bond acceptors (Lipinski definition) is 3. The van der Waals surface area contributed by atoms with Gasteiger partial charge in [0.2, 0.25) is 0 Å². The average molecular weight is 296 g/mol. The molecular weight excluding hydrogens is 274 g/mol. The molecule has 0 bridgehead atoms. The van der Waals surface area contributed by atoms with Gasteiger partial charge >= 0.3 is 0 Å². The Labute approximate surface area is 125 Å². The van der Waals surface area contributed by atoms with Gasteiger partial charge in [0.15, 0.2) is 0 Å². The molecule has 1 atom stereocenters. The maximum Gasteiger partial charge on any atom is 0.127 e. The number of alkyl halides is 1. The smallest absolute Gasteiger partial charge is 0.127 e. The van der Waals surface area contributed by atoms with E-state index in [0.29, 0.717) is 0 Å². The van der Waals surface area contributed by atoms with Crippen LogP contribution in [0, 0.1) is 0 Å². The Morgan fingerprint density at radius 1 is 1.40 bits per heavy atom. The van der Waals surface area contributed by atoms with Gasteiger partial charge in [0.25, 0.3) is 0 Å². The van der Waals surface area contributed by atoms with Gasteiger partial charge in [-0.05, 0) is 46.1 Å². The van der Waals surface area contributed by atoms with Crippen molar-refractivity contribution in [1.29, 1.82) is 0 Å². The highest BCUT2D eigenvalue weighted by Gasteiger charge is 2.15. The van der Waals surface area contributed by atoms with Gasteiger partial charge in [-0.1, -0.05) is 0 Å². The minimum atomic E-state index is -0.104. The molecule has 0 spiro atoms. The number of nitrogens with zero attached hydrogens (tertiary/aromatic N) is 3. The van der Waals surface area contributed by atoms with Crippen molar-refractivity contribution < 1.29 is 4.74 Å². The van der Waals surface area contributed by atoms with E-state index in [2.05, 4.69) is 28.5 Å². The summed E-state index contributed by atoms with van der Waals surface area (Å²) in [4.78, 5) is 6.83. The Bertz CT molecular complexity index is 578. The van der Waals surface area contributed by atoms with Gasteiger partial charge in [-0.25, -0.2) is 4.98 Å². The van der Waals surface area contributed by atoms with Gasteiger partial charge in [-0.15, -0.1) is 11.6 Å². The zero-order chi connectivity index (χ0) is 14.7. The minimum Gasteiger partial charge on any atom is -0.497 e. The Morgan fingerprint density at radius 2 is 2.15 bits per heavy atom. The number of aromatic nitrogens is 2. The summed E-state index contributed by atoms with van der Waals surface area (Å²) in [5.41, 5.74) is 2.06. The van der Waals surface area contributed by atoms with E-state index in [1.807, 2.05) is 25.1 Å². The third-order valence-electron chi connectivity index (χ3n) is 3.33. The molecule has 20 heavy (non-hydrogen) atoms. The second-order valence-corrected chi connectivity index (χ2v) is 5.90. The third-order valence-corrected chi connectivity index (χ3v) is 3.52. The van der Waals surface area contributed by atoms with Gasteiger partial charge in [0.1, 0.15) is 11.6 Å². The molecule has 0 amide bonds. The topological polar surface area (TPSA) is 30.3 Å². The van der Waals surface area contributed by atoms with Crippen LogP contribution in [-0.2, 0) is 6.54 Å². The van der Waals surface area contributed by atoms with E-state index in [-0.39, 0.29) is 5.38 Å². The highest BCUT2D eigenvalue weighted by Crippen LogP contribution is 2.27. The van der Waals surface area contributed by atoms with E-state index >= 15 is 0 Å². The summed E-state index contributed by atoms with van der Waals surface area (Å²) >= 11 is 6.27. The fourth-order valence-electron chi connectivity index (χ4n) is 2.33. The summed E-state index contributed by atoms with van der Waals surface area (Å²) in [6.07, 6.45) is 1.06. The average Bonchev–Trinajstić information content (AvgIpc) is 2.76. The molecule has 0 fully saturated rings. The monoisotopic (exact) mass is 295 g/mol. The Hall–Kier alpha value is -1.26. The molecule has 1 heterocycles. The van der Waals surface area contributed by atoms with E-state index in [1.54, 1.807) is 7.11 Å². The van der Waals surface area contributed by atoms with Crippen LogP contribution in [-0.4, -0.2) is 42.2 Å². The molecule has 2 aromatic rings. The second-order valence-electron chi connectivity index (χ2n) is 5.25. The maximum absolute atomic E-state index is 6.27. The second kappa shape index (κ2) is 6.46. The van der Waals surface area contributed by atoms with Crippen LogP contribution in [0.4, 0.5) is 0 Å². The lowest BCUT2D eigenvalue weighted by molar-refractivity contribution is 0.386. The van der Waals surface area contributed by atoms with E-state index in [4.69, 9.17) is 16.3 Å². The number of benzene rings is 1. The first-order valence-corrected chi connectivity index (χ1v) is 7.29. The van der Waals surface area contributed by atoms with E-state index in [9.17, 15) is 0 Å². The van der Waals surface area contributed by atoms with Crippen LogP contribution >= 0.6 is 11.6 Å². The number of fused-ring (bicyclic) bond motifs is 1. The number of halogens is 1. The van der Waals surface area contributed by atoms with Crippen LogP contribution in [0.2, 0.25) is 0 Å². The van der Waals surface area contributed by atoms with Crippen molar-refractivity contribution in [3.63, 3.8) is 0 Å². The predicted molar refractivity (Wildman–Crippen MR) is 83.7 cm³/mol. The largest absolute Gasteiger partial charge is 0.497 e. The summed E-state index contributed by atoms with van der Waals surface area (Å²) in [6.45, 7) is 3.91. The van der Waals surface area contributed by atoms with Gasteiger partial charge < -0.3 is 14.2 Å². The summed E-state index contributed by atoms with van der Waals surface area (Å²) in [5.74, 6) is 1.77. The number of methoxy groups -OCH3 is 1. The van der Waals surface area contributed by atoms with Crippen molar-refractivity contribution in [1.82, 2.24) is 14.5 Å². The van der Waals surface area contributed by atoms with Crippen molar-refractivity contribution in [3.05, 3.63) is 24.0 Å². The van der Waals surface area contributed by atoms with Gasteiger partial charge in [-0.2, -0.15) is 0 Å². The number of imidazole rings is 1. The molecule has 110 valence electrons. The fourth-order valence-corrected chi connectivity index (χ4v) is 2.50. The SMILES string of the molecule is COc1ccc2nc(C(C)Cl)n(CCCN(C)C)c2c1. The van der Waals surface area contributed by atoms with Crippen molar-refractivity contribution in [2.75, 3.05) is 27.7 Å². The van der Waals surface area contributed by atoms with Crippen molar-refractivity contribution >= 4 is 22.6 Å². The quantitative estimate of drug-likeness (QED) is 0.766. The Kier molecular flexibility index (Phi) is 4.89. The molecule has 1 aromatic heterocycles. The zero-order valence-electron chi connectivity index (χ0n) is 12.6. The molecule has 5 heteroatoms. The molecule has 0 saturated heterocycles. The highest BCUT2D eigenvalue weighted by atomic mass is 35.5. The van der Waals surface area contributed by atoms with Crippen LogP contribution in [0.1, 0.15) is 24.5 Å². The van der Waals surface area contributed by atoms with Crippen molar-refractivity contribution in [2.24, 2.45) is 0 Å². The fraction of sp³-hybridized carbons (Fsp3) is 0.533. The molecule has 0 saturated carbocycles. The molecule has 2 rings (SSSR count). The lowest BCUT2D eigenvalue weighted by atomic mass is 10.3. The Balaban J connectivity index is 2.38. The summed E-state index contributed by atoms with van der Waals surface area (Å²) in [5, 5.41) is -0.104. The molecule has 0 aliphatic carbocycles. The first-order valence-electron chi connectivity index (χ1n) is 6.86. The summed E-state index contributed by atoms with van der Waals surface area (Å²) in [6, 6.07) is 5.95. The van der Waals surface area contributed by atoms with Gasteiger partial charge in [0, 0.05) is 12.6 Å². The van der Waals surface area contributed by atoms with Gasteiger partial charge in [0.05, 0.1) is 23.5 Å². The van der Waals surface area contributed by atoms with Crippen LogP contribution in [0.15, 0.2) is 18.2 Å². The number of ether oxygens (including phenoxy) is 1. The molecular formula is C15H22ClN3O. The Morgan fingerprint density at radius 3 is 2.75 bits per heavy atom.